The Bertz CT molecular complexity index is 899. The maximum absolute atomic E-state index is 13.9. The Hall–Kier alpha value is -2.39. The van der Waals surface area contributed by atoms with Crippen molar-refractivity contribution in [2.45, 2.75) is 44.5 Å². The zero-order chi connectivity index (χ0) is 23.8. The van der Waals surface area contributed by atoms with Crippen LogP contribution in [0.15, 0.2) is 47.8 Å². The van der Waals surface area contributed by atoms with E-state index in [4.69, 9.17) is 11.5 Å². The number of carbonyl (C=O) groups excluding carboxylic acids is 1. The van der Waals surface area contributed by atoms with Gasteiger partial charge in [-0.1, -0.05) is 18.2 Å². The molecule has 1 heterocycles. The molecule has 0 saturated carbocycles. The number of hydrogen-bond donors (Lipinski definition) is 3. The third-order valence-corrected chi connectivity index (χ3v) is 6.24. The molecule has 0 bridgehead atoms. The molecule has 0 radical (unpaired) electrons. The number of nitrogens with zero attached hydrogens (tertiary/aromatic N) is 1. The van der Waals surface area contributed by atoms with Crippen molar-refractivity contribution < 1.29 is 18.0 Å². The maximum Gasteiger partial charge on any atom is 0.253 e. The van der Waals surface area contributed by atoms with E-state index >= 15 is 0 Å². The second-order valence-electron chi connectivity index (χ2n) is 7.97. The molecule has 2 unspecified atom stereocenters. The summed E-state index contributed by atoms with van der Waals surface area (Å²) in [5.41, 5.74) is 14.2. The highest BCUT2D eigenvalue weighted by molar-refractivity contribution is 8.00. The molecule has 1 aliphatic heterocycles. The van der Waals surface area contributed by atoms with E-state index < -0.39 is 28.9 Å². The topological polar surface area (TPSA) is 84.4 Å². The van der Waals surface area contributed by atoms with Crippen molar-refractivity contribution in [2.75, 3.05) is 18.8 Å². The van der Waals surface area contributed by atoms with Crippen LogP contribution in [-0.2, 0) is 11.2 Å². The summed E-state index contributed by atoms with van der Waals surface area (Å²) in [6.07, 6.45) is 4.79. The first kappa shape index (κ1) is 25.9. The number of nitrogens with two attached hydrogens (primary N) is 2. The van der Waals surface area contributed by atoms with Crippen molar-refractivity contribution in [3.8, 4) is 0 Å². The Labute approximate surface area is 191 Å². The number of hydrogen-bond acceptors (Lipinski definition) is 5. The van der Waals surface area contributed by atoms with Crippen molar-refractivity contribution >= 4 is 17.7 Å². The molecular formula is C23H31F3N4OS. The average molecular weight is 469 g/mol. The summed E-state index contributed by atoms with van der Waals surface area (Å²) in [6.45, 7) is 8.99. The molecule has 1 aromatic carbocycles. The lowest BCUT2D eigenvalue weighted by molar-refractivity contribution is -0.122. The molecule has 1 fully saturated rings. The number of allylic oxidation sites excluding steroid dienone is 3. The number of amides is 1. The molecule has 5 N–H and O–H groups in total. The summed E-state index contributed by atoms with van der Waals surface area (Å²) in [5, 5.41) is 2.53. The molecule has 1 saturated heterocycles. The smallest absolute Gasteiger partial charge is 0.253 e. The normalized spacial score (nSPS) is 18.1. The zero-order valence-corrected chi connectivity index (χ0v) is 19.3. The van der Waals surface area contributed by atoms with E-state index in [-0.39, 0.29) is 17.9 Å². The van der Waals surface area contributed by atoms with E-state index in [0.717, 1.165) is 23.1 Å². The lowest BCUT2D eigenvalue weighted by Gasteiger charge is -2.28. The van der Waals surface area contributed by atoms with E-state index in [9.17, 15) is 18.0 Å². The molecule has 1 aromatic rings. The number of rotatable bonds is 10. The molecule has 176 valence electrons. The molecule has 2 rings (SSSR count). The van der Waals surface area contributed by atoms with Gasteiger partial charge >= 0.3 is 0 Å². The van der Waals surface area contributed by atoms with Crippen LogP contribution < -0.4 is 16.8 Å². The first-order valence-corrected chi connectivity index (χ1v) is 11.5. The minimum Gasteiger partial charge on any atom is -0.402 e. The van der Waals surface area contributed by atoms with Crippen molar-refractivity contribution in [1.29, 1.82) is 0 Å². The highest BCUT2D eigenvalue weighted by Gasteiger charge is 2.32. The largest absolute Gasteiger partial charge is 0.402 e. The third-order valence-electron chi connectivity index (χ3n) is 5.04. The second-order valence-corrected chi connectivity index (χ2v) is 9.16. The van der Waals surface area contributed by atoms with Crippen LogP contribution in [0.1, 0.15) is 32.3 Å². The summed E-state index contributed by atoms with van der Waals surface area (Å²) in [4.78, 5) is 14.6. The number of nitrogens with one attached hydrogen (secondary N) is 1. The number of thioether (sulfide) groups is 1. The minimum atomic E-state index is -1.23. The molecule has 0 aromatic heterocycles. The van der Waals surface area contributed by atoms with E-state index in [2.05, 4.69) is 11.9 Å². The fourth-order valence-electron chi connectivity index (χ4n) is 3.33. The van der Waals surface area contributed by atoms with Gasteiger partial charge in [-0.2, -0.15) is 0 Å². The van der Waals surface area contributed by atoms with Crippen LogP contribution in [0.25, 0.3) is 0 Å². The van der Waals surface area contributed by atoms with Crippen LogP contribution in [0, 0.1) is 17.5 Å². The quantitative estimate of drug-likeness (QED) is 0.361. The van der Waals surface area contributed by atoms with Crippen molar-refractivity contribution in [3.05, 3.63) is 70.8 Å². The highest BCUT2D eigenvalue weighted by atomic mass is 32.2. The average Bonchev–Trinajstić information content (AvgIpc) is 3.20. The number of benzene rings is 1. The van der Waals surface area contributed by atoms with E-state index in [0.29, 0.717) is 37.7 Å². The van der Waals surface area contributed by atoms with Gasteiger partial charge < -0.3 is 21.7 Å². The predicted octanol–water partition coefficient (Wildman–Crippen LogP) is 3.57. The van der Waals surface area contributed by atoms with Gasteiger partial charge in [0, 0.05) is 48.8 Å². The lowest BCUT2D eigenvalue weighted by atomic mass is 10.0. The Morgan fingerprint density at radius 1 is 1.28 bits per heavy atom. The number of carbonyl (C=O) groups is 1. The van der Waals surface area contributed by atoms with Crippen molar-refractivity contribution in [1.82, 2.24) is 10.2 Å². The fraction of sp³-hybridized carbons (Fsp3) is 0.435. The standard InChI is InChI=1S/C23H31F3N4OS/c1-14(4-5-15(2)27)6-7-29-22(31)23-30(8-9-32-23)16(3)10-18(28)11-17-12-20(25)21(26)13-19(17)24/h4-5,12-13,18,23H,3,6-11,27-28H2,1-2H3,(H,29,31)/b14-4+,15-5+. The molecule has 5 nitrogen and oxygen atoms in total. The van der Waals surface area contributed by atoms with E-state index in [1.54, 1.807) is 0 Å². The molecule has 9 heteroatoms. The Morgan fingerprint density at radius 2 is 1.97 bits per heavy atom. The van der Waals surface area contributed by atoms with Gasteiger partial charge in [-0.15, -0.1) is 11.8 Å². The Balaban J connectivity index is 1.88. The van der Waals surface area contributed by atoms with Gasteiger partial charge in [-0.25, -0.2) is 13.2 Å². The van der Waals surface area contributed by atoms with Crippen molar-refractivity contribution in [3.63, 3.8) is 0 Å². The van der Waals surface area contributed by atoms with Gasteiger partial charge in [0.25, 0.3) is 5.91 Å². The number of halogens is 3. The monoisotopic (exact) mass is 468 g/mol. The summed E-state index contributed by atoms with van der Waals surface area (Å²) in [6, 6.07) is 0.799. The van der Waals surface area contributed by atoms with Gasteiger partial charge in [0.05, 0.1) is 0 Å². The fourth-order valence-corrected chi connectivity index (χ4v) is 4.53. The van der Waals surface area contributed by atoms with Crippen LogP contribution in [0.4, 0.5) is 13.2 Å². The van der Waals surface area contributed by atoms with Gasteiger partial charge in [0.1, 0.15) is 5.82 Å². The molecular weight excluding hydrogens is 437 g/mol. The molecule has 0 aliphatic carbocycles. The van der Waals surface area contributed by atoms with Crippen LogP contribution in [0.2, 0.25) is 0 Å². The lowest BCUT2D eigenvalue weighted by Crippen LogP contribution is -2.42. The summed E-state index contributed by atoms with van der Waals surface area (Å²) in [7, 11) is 0. The molecule has 0 spiro atoms. The SMILES string of the molecule is C=C(CC(N)Cc1cc(F)c(F)cc1F)N1CCSC1C(=O)NCC/C(C)=C/C=C(\C)N. The second kappa shape index (κ2) is 12.0. The highest BCUT2D eigenvalue weighted by Crippen LogP contribution is 2.29. The molecule has 2 atom stereocenters. The van der Waals surface area contributed by atoms with E-state index in [1.807, 2.05) is 30.9 Å². The Kier molecular flexibility index (Phi) is 9.71. The molecule has 1 amide bonds. The predicted molar refractivity (Wildman–Crippen MR) is 124 cm³/mol. The zero-order valence-electron chi connectivity index (χ0n) is 18.5. The van der Waals surface area contributed by atoms with Gasteiger partial charge in [0.2, 0.25) is 0 Å². The van der Waals surface area contributed by atoms with Crippen LogP contribution in [-0.4, -0.2) is 41.1 Å². The molecule has 1 aliphatic rings. The maximum atomic E-state index is 13.9. The summed E-state index contributed by atoms with van der Waals surface area (Å²) < 4.78 is 40.4. The van der Waals surface area contributed by atoms with Gasteiger partial charge in [-0.3, -0.25) is 4.79 Å². The summed E-state index contributed by atoms with van der Waals surface area (Å²) >= 11 is 1.52. The Morgan fingerprint density at radius 3 is 2.66 bits per heavy atom. The van der Waals surface area contributed by atoms with Gasteiger partial charge in [-0.05, 0) is 44.4 Å². The van der Waals surface area contributed by atoms with Crippen LogP contribution in [0.5, 0.6) is 0 Å². The van der Waals surface area contributed by atoms with Crippen LogP contribution in [0.3, 0.4) is 0 Å². The first-order chi connectivity index (χ1) is 15.1. The summed E-state index contributed by atoms with van der Waals surface area (Å²) in [5.74, 6) is -2.51. The van der Waals surface area contributed by atoms with E-state index in [1.165, 1.54) is 11.8 Å². The van der Waals surface area contributed by atoms with Crippen LogP contribution >= 0.6 is 11.8 Å². The van der Waals surface area contributed by atoms with Crippen molar-refractivity contribution in [2.24, 2.45) is 11.5 Å². The third kappa shape index (κ3) is 7.63. The molecule has 32 heavy (non-hydrogen) atoms. The first-order valence-electron chi connectivity index (χ1n) is 10.4. The minimum absolute atomic E-state index is 0.0115. The van der Waals surface area contributed by atoms with Gasteiger partial charge in [0.15, 0.2) is 17.0 Å².